The van der Waals surface area contributed by atoms with Crippen LogP contribution in [-0.2, 0) is 9.78 Å². The summed E-state index contributed by atoms with van der Waals surface area (Å²) in [6, 6.07) is 0.0231. The smallest absolute Gasteiger partial charge is 0.230 e. The number of thioether (sulfide) groups is 1. The van der Waals surface area contributed by atoms with E-state index < -0.39 is 0 Å². The second kappa shape index (κ2) is 7.04. The number of halogens is 1. The number of hydrogen-bond donors (Lipinski definition) is 3. The number of alkyl halides is 1. The molecule has 1 saturated carbocycles. The largest absolute Gasteiger partial charge is 0.305 e. The first-order chi connectivity index (χ1) is 8.70. The maximum Gasteiger partial charge on any atom is 0.230 e. The maximum absolute atomic E-state index is 12.2. The highest BCUT2D eigenvalue weighted by molar-refractivity contribution is 14.1. The van der Waals surface area contributed by atoms with Crippen LogP contribution >= 0.6 is 34.4 Å². The normalized spacial score (nSPS) is 32.1. The van der Waals surface area contributed by atoms with E-state index in [2.05, 4.69) is 43.4 Å². The zero-order valence-corrected chi connectivity index (χ0v) is 12.7. The van der Waals surface area contributed by atoms with Crippen molar-refractivity contribution < 1.29 is 15.0 Å². The van der Waals surface area contributed by atoms with Crippen LogP contribution in [0, 0.1) is 5.92 Å². The second-order valence-electron chi connectivity index (χ2n) is 4.37. The first-order valence-corrected chi connectivity index (χ1v) is 8.12. The van der Waals surface area contributed by atoms with E-state index in [0.29, 0.717) is 10.3 Å². The molecule has 1 heterocycles. The van der Waals surface area contributed by atoms with Crippen molar-refractivity contribution >= 4 is 45.4 Å². The van der Waals surface area contributed by atoms with Crippen molar-refractivity contribution in [2.45, 2.75) is 29.2 Å². The van der Waals surface area contributed by atoms with Crippen LogP contribution in [0.3, 0.4) is 0 Å². The first-order valence-electron chi connectivity index (χ1n) is 5.89. The zero-order chi connectivity index (χ0) is 13.0. The minimum Gasteiger partial charge on any atom is -0.305 e. The lowest BCUT2D eigenvalue weighted by Crippen LogP contribution is -2.45. The lowest BCUT2D eigenvalue weighted by Gasteiger charge is -2.31. The van der Waals surface area contributed by atoms with Gasteiger partial charge >= 0.3 is 0 Å². The molecule has 8 heteroatoms. The van der Waals surface area contributed by atoms with Crippen LogP contribution < -0.4 is 10.8 Å². The van der Waals surface area contributed by atoms with E-state index in [0.717, 1.165) is 30.3 Å². The van der Waals surface area contributed by atoms with Gasteiger partial charge in [-0.15, -0.1) is 4.99 Å². The van der Waals surface area contributed by atoms with E-state index in [1.807, 2.05) is 0 Å². The third-order valence-electron chi connectivity index (χ3n) is 3.14. The molecule has 1 fully saturated rings. The topological polar surface area (TPSA) is 83.0 Å². The summed E-state index contributed by atoms with van der Waals surface area (Å²) in [6.07, 6.45) is 2.49. The summed E-state index contributed by atoms with van der Waals surface area (Å²) < 4.78 is 0.311. The second-order valence-corrected chi connectivity index (χ2v) is 7.05. The Balaban J connectivity index is 1.90. The highest BCUT2D eigenvalue weighted by atomic mass is 127. The molecule has 3 unspecified atom stereocenters. The number of hydroxylamine groups is 1. The molecule has 3 N–H and O–H groups in total. The Labute approximate surface area is 123 Å². The van der Waals surface area contributed by atoms with Gasteiger partial charge in [-0.05, 0) is 19.3 Å². The van der Waals surface area contributed by atoms with Crippen molar-refractivity contribution in [2.75, 3.05) is 12.3 Å². The Hall–Kier alpha value is 0.1000. The van der Waals surface area contributed by atoms with E-state index >= 15 is 0 Å². The fraction of sp³-hybridized carbons (Fsp3) is 0.800. The number of rotatable bonds is 3. The third-order valence-corrected chi connectivity index (χ3v) is 5.52. The average molecular weight is 385 g/mol. The van der Waals surface area contributed by atoms with Gasteiger partial charge in [-0.2, -0.15) is 5.48 Å². The summed E-state index contributed by atoms with van der Waals surface area (Å²) in [6.45, 7) is 0.779. The molecule has 0 aromatic carbocycles. The standard InChI is InChI=1S/C10H16IN3O3S/c11-8-2-1-6(14-17-16)5-7(8)9(15)13-10-12-3-4-18-10/h6-8,14,16H,1-5H2,(H,12,13,15). The van der Waals surface area contributed by atoms with Crippen molar-refractivity contribution in [1.82, 2.24) is 10.8 Å². The molecular weight excluding hydrogens is 369 g/mol. The zero-order valence-electron chi connectivity index (χ0n) is 9.76. The van der Waals surface area contributed by atoms with Crippen LogP contribution in [0.15, 0.2) is 4.99 Å². The fourth-order valence-corrected chi connectivity index (χ4v) is 3.91. The molecule has 6 nitrogen and oxygen atoms in total. The van der Waals surface area contributed by atoms with E-state index in [1.165, 1.54) is 0 Å². The Morgan fingerprint density at radius 3 is 3.06 bits per heavy atom. The summed E-state index contributed by atoms with van der Waals surface area (Å²) in [5.74, 6) is 0.888. The number of carbonyl (C=O) groups excluding carboxylic acids is 1. The number of amidine groups is 1. The predicted molar refractivity (Wildman–Crippen MR) is 78.7 cm³/mol. The molecule has 2 aliphatic rings. The van der Waals surface area contributed by atoms with Crippen molar-refractivity contribution in [3.8, 4) is 0 Å². The van der Waals surface area contributed by atoms with Gasteiger partial charge in [0.1, 0.15) is 0 Å². The van der Waals surface area contributed by atoms with Gasteiger partial charge in [0.15, 0.2) is 5.17 Å². The Bertz CT molecular complexity index is 342. The molecular formula is C10H16IN3O3S. The van der Waals surface area contributed by atoms with Gasteiger partial charge < -0.3 is 5.32 Å². The molecule has 18 heavy (non-hydrogen) atoms. The fourth-order valence-electron chi connectivity index (χ4n) is 2.20. The number of nitrogens with one attached hydrogen (secondary N) is 2. The third kappa shape index (κ3) is 3.80. The number of amides is 1. The summed E-state index contributed by atoms with van der Waals surface area (Å²) >= 11 is 3.90. The summed E-state index contributed by atoms with van der Waals surface area (Å²) in [5.41, 5.74) is 2.52. The van der Waals surface area contributed by atoms with E-state index in [-0.39, 0.29) is 17.9 Å². The molecule has 0 aromatic heterocycles. The number of carbonyl (C=O) groups is 1. The molecule has 0 spiro atoms. The van der Waals surface area contributed by atoms with Gasteiger partial charge in [0.2, 0.25) is 5.91 Å². The molecule has 0 aromatic rings. The van der Waals surface area contributed by atoms with Gasteiger partial charge in [0.05, 0.1) is 12.5 Å². The summed E-state index contributed by atoms with van der Waals surface area (Å²) in [5, 5.41) is 12.0. The van der Waals surface area contributed by atoms with Crippen molar-refractivity contribution in [1.29, 1.82) is 0 Å². The molecule has 0 bridgehead atoms. The number of nitrogens with zero attached hydrogens (tertiary/aromatic N) is 1. The average Bonchev–Trinajstić information content (AvgIpc) is 2.84. The number of aliphatic imine (C=N–C) groups is 1. The van der Waals surface area contributed by atoms with E-state index in [9.17, 15) is 4.79 Å². The van der Waals surface area contributed by atoms with Gasteiger partial charge in [-0.1, -0.05) is 34.4 Å². The lowest BCUT2D eigenvalue weighted by atomic mass is 9.85. The van der Waals surface area contributed by atoms with E-state index in [1.54, 1.807) is 11.8 Å². The first kappa shape index (κ1) is 14.5. The summed E-state index contributed by atoms with van der Waals surface area (Å²) in [7, 11) is 0. The lowest BCUT2D eigenvalue weighted by molar-refractivity contribution is -0.301. The minimum atomic E-state index is -0.0732. The maximum atomic E-state index is 12.2. The molecule has 102 valence electrons. The van der Waals surface area contributed by atoms with Crippen LogP contribution in [0.5, 0.6) is 0 Å². The van der Waals surface area contributed by atoms with Crippen LogP contribution in [-0.4, -0.2) is 38.6 Å². The van der Waals surface area contributed by atoms with Gasteiger partial charge in [0, 0.05) is 15.7 Å². The Morgan fingerprint density at radius 1 is 1.56 bits per heavy atom. The molecule has 0 saturated heterocycles. The predicted octanol–water partition coefficient (Wildman–Crippen LogP) is 1.17. The van der Waals surface area contributed by atoms with Crippen molar-refractivity contribution in [3.63, 3.8) is 0 Å². The molecule has 2 rings (SSSR count). The molecule has 1 aliphatic heterocycles. The monoisotopic (exact) mass is 385 g/mol. The molecule has 0 radical (unpaired) electrons. The van der Waals surface area contributed by atoms with Crippen LogP contribution in [0.2, 0.25) is 0 Å². The van der Waals surface area contributed by atoms with Crippen LogP contribution in [0.25, 0.3) is 0 Å². The molecule has 3 atom stereocenters. The molecule has 1 amide bonds. The minimum absolute atomic E-state index is 0.0204. The van der Waals surface area contributed by atoms with Crippen molar-refractivity contribution in [2.24, 2.45) is 10.9 Å². The number of hydrogen-bond acceptors (Lipinski definition) is 6. The Kier molecular flexibility index (Phi) is 5.67. The quantitative estimate of drug-likeness (QED) is 0.294. The summed E-state index contributed by atoms with van der Waals surface area (Å²) in [4.78, 5) is 20.4. The van der Waals surface area contributed by atoms with Gasteiger partial charge in [0.25, 0.3) is 0 Å². The highest BCUT2D eigenvalue weighted by Crippen LogP contribution is 2.31. The highest BCUT2D eigenvalue weighted by Gasteiger charge is 2.34. The Morgan fingerprint density at radius 2 is 2.39 bits per heavy atom. The van der Waals surface area contributed by atoms with Gasteiger partial charge in [-0.3, -0.25) is 9.79 Å². The molecule has 1 aliphatic carbocycles. The van der Waals surface area contributed by atoms with Crippen LogP contribution in [0.1, 0.15) is 19.3 Å². The van der Waals surface area contributed by atoms with E-state index in [4.69, 9.17) is 5.26 Å². The SMILES string of the molecule is O=C(NC1=NCCS1)C1CC(NOO)CCC1I. The van der Waals surface area contributed by atoms with Crippen LogP contribution in [0.4, 0.5) is 0 Å². The van der Waals surface area contributed by atoms with Gasteiger partial charge in [-0.25, -0.2) is 5.26 Å². The van der Waals surface area contributed by atoms with Crippen molar-refractivity contribution in [3.05, 3.63) is 0 Å².